The lowest BCUT2D eigenvalue weighted by Gasteiger charge is -2.34. The molecule has 2 aromatic rings. The molecule has 0 N–H and O–H groups in total. The normalized spacial score (nSPS) is 19.8. The molecule has 0 bridgehead atoms. The molecule has 5 nitrogen and oxygen atoms in total. The van der Waals surface area contributed by atoms with Gasteiger partial charge in [-0.3, -0.25) is 9.48 Å². The minimum Gasteiger partial charge on any atom is -0.292 e. The van der Waals surface area contributed by atoms with Gasteiger partial charge in [0.25, 0.3) is 0 Å². The minimum absolute atomic E-state index is 0.0788. The summed E-state index contributed by atoms with van der Waals surface area (Å²) in [6.07, 6.45) is -7.55. The summed E-state index contributed by atoms with van der Waals surface area (Å²) < 4.78 is 102. The maximum Gasteiger partial charge on any atom is 0.416 e. The van der Waals surface area contributed by atoms with Crippen LogP contribution in [0.15, 0.2) is 41.4 Å². The number of ketones is 1. The molecule has 0 saturated heterocycles. The van der Waals surface area contributed by atoms with E-state index in [-0.39, 0.29) is 37.3 Å². The lowest BCUT2D eigenvalue weighted by atomic mass is 9.81. The van der Waals surface area contributed by atoms with Crippen molar-refractivity contribution in [2.24, 2.45) is 5.92 Å². The summed E-state index contributed by atoms with van der Waals surface area (Å²) in [4.78, 5) is 11.8. The van der Waals surface area contributed by atoms with Gasteiger partial charge in [0.1, 0.15) is 12.2 Å². The molecular formula is C19H18F6N2O3S. The molecule has 0 amide bonds. The molecule has 1 aliphatic rings. The summed E-state index contributed by atoms with van der Waals surface area (Å²) in [6, 6.07) is 4.74. The van der Waals surface area contributed by atoms with Crippen LogP contribution < -0.4 is 0 Å². The molecule has 0 atom stereocenters. The van der Waals surface area contributed by atoms with E-state index in [0.29, 0.717) is 10.7 Å². The second-order valence-electron chi connectivity index (χ2n) is 7.48. The largest absolute Gasteiger partial charge is 0.416 e. The molecule has 1 heterocycles. The number of alkyl halides is 6. The number of carbonyl (C=O) groups is 1. The van der Waals surface area contributed by atoms with Gasteiger partial charge < -0.3 is 0 Å². The first-order valence-corrected chi connectivity index (χ1v) is 10.8. The Hall–Kier alpha value is -2.37. The fraction of sp³-hybridized carbons (Fsp3) is 0.474. The zero-order chi connectivity index (χ0) is 23.0. The van der Waals surface area contributed by atoms with E-state index in [4.69, 9.17) is 0 Å². The van der Waals surface area contributed by atoms with Gasteiger partial charge in [-0.05, 0) is 49.4 Å². The molecule has 31 heavy (non-hydrogen) atoms. The van der Waals surface area contributed by atoms with Crippen LogP contribution in [0, 0.1) is 5.92 Å². The topological polar surface area (TPSA) is 69.0 Å². The summed E-state index contributed by atoms with van der Waals surface area (Å²) in [7, 11) is -3.95. The third-order valence-electron chi connectivity index (χ3n) is 5.23. The Kier molecular flexibility index (Phi) is 6.23. The maximum absolute atomic E-state index is 12.8. The standard InChI is InChI=1S/C19H18F6N2O3S/c20-18(21,22)11-27-16(6-7-26-27)17(28)5-4-12-8-15(9-12)31(29,30)14-3-1-2-13(10-14)19(23,24)25/h1-3,6-7,10,12,15H,4-5,8-9,11H2. The molecule has 1 aromatic carbocycles. The lowest BCUT2D eigenvalue weighted by molar-refractivity contribution is -0.142. The summed E-state index contributed by atoms with van der Waals surface area (Å²) in [5.74, 6) is -0.695. The van der Waals surface area contributed by atoms with E-state index in [1.54, 1.807) is 0 Å². The number of halogens is 6. The Labute approximate surface area is 174 Å². The highest BCUT2D eigenvalue weighted by Gasteiger charge is 2.40. The van der Waals surface area contributed by atoms with Crippen LogP contribution in [0.25, 0.3) is 0 Å². The van der Waals surface area contributed by atoms with Gasteiger partial charge in [-0.15, -0.1) is 0 Å². The van der Waals surface area contributed by atoms with Gasteiger partial charge in [-0.2, -0.15) is 31.4 Å². The molecule has 1 fully saturated rings. The van der Waals surface area contributed by atoms with Crippen molar-refractivity contribution < 1.29 is 39.6 Å². The van der Waals surface area contributed by atoms with Crippen molar-refractivity contribution >= 4 is 15.6 Å². The van der Waals surface area contributed by atoms with Crippen molar-refractivity contribution in [1.82, 2.24) is 9.78 Å². The third-order valence-corrected chi connectivity index (χ3v) is 7.41. The maximum atomic E-state index is 12.8. The Balaban J connectivity index is 1.56. The second kappa shape index (κ2) is 8.29. The number of benzene rings is 1. The number of hydrogen-bond acceptors (Lipinski definition) is 4. The van der Waals surface area contributed by atoms with E-state index in [0.717, 1.165) is 24.4 Å². The van der Waals surface area contributed by atoms with Crippen molar-refractivity contribution in [3.63, 3.8) is 0 Å². The van der Waals surface area contributed by atoms with Gasteiger partial charge in [0, 0.05) is 12.6 Å². The number of nitrogens with zero attached hydrogens (tertiary/aromatic N) is 2. The van der Waals surface area contributed by atoms with Crippen LogP contribution in [0.4, 0.5) is 26.3 Å². The Morgan fingerprint density at radius 2 is 1.77 bits per heavy atom. The summed E-state index contributed by atoms with van der Waals surface area (Å²) >= 11 is 0. The summed E-state index contributed by atoms with van der Waals surface area (Å²) in [6.45, 7) is -1.39. The molecule has 0 unspecified atom stereocenters. The highest BCUT2D eigenvalue weighted by molar-refractivity contribution is 7.92. The molecule has 1 aliphatic carbocycles. The van der Waals surface area contributed by atoms with Gasteiger partial charge in [0.05, 0.1) is 15.7 Å². The molecule has 0 radical (unpaired) electrons. The van der Waals surface area contributed by atoms with Crippen LogP contribution in [0.1, 0.15) is 41.7 Å². The van der Waals surface area contributed by atoms with Gasteiger partial charge in [0.2, 0.25) is 0 Å². The van der Waals surface area contributed by atoms with Crippen molar-refractivity contribution in [2.45, 2.75) is 54.7 Å². The van der Waals surface area contributed by atoms with E-state index in [1.165, 1.54) is 6.07 Å². The highest BCUT2D eigenvalue weighted by Crippen LogP contribution is 2.40. The minimum atomic E-state index is -4.66. The summed E-state index contributed by atoms with van der Waals surface area (Å²) in [5.41, 5.74) is -1.23. The fourth-order valence-corrected chi connectivity index (χ4v) is 5.53. The predicted molar refractivity (Wildman–Crippen MR) is 97.0 cm³/mol. The molecule has 170 valence electrons. The van der Waals surface area contributed by atoms with E-state index in [1.807, 2.05) is 0 Å². The first kappa shape index (κ1) is 23.3. The average molecular weight is 468 g/mol. The van der Waals surface area contributed by atoms with Crippen LogP contribution in [0.3, 0.4) is 0 Å². The van der Waals surface area contributed by atoms with Crippen molar-refractivity contribution in [3.8, 4) is 0 Å². The summed E-state index contributed by atoms with van der Waals surface area (Å²) in [5, 5.41) is 2.65. The van der Waals surface area contributed by atoms with Crippen LogP contribution in [-0.4, -0.2) is 35.4 Å². The predicted octanol–water partition coefficient (Wildman–Crippen LogP) is 4.68. The molecule has 12 heteroatoms. The van der Waals surface area contributed by atoms with Gasteiger partial charge >= 0.3 is 12.4 Å². The van der Waals surface area contributed by atoms with E-state index in [9.17, 15) is 39.6 Å². The molecule has 0 aliphatic heterocycles. The van der Waals surface area contributed by atoms with Crippen molar-refractivity contribution in [2.75, 3.05) is 0 Å². The van der Waals surface area contributed by atoms with Gasteiger partial charge in [-0.1, -0.05) is 6.07 Å². The first-order valence-electron chi connectivity index (χ1n) is 9.30. The molecule has 3 rings (SSSR count). The third kappa shape index (κ3) is 5.46. The zero-order valence-electron chi connectivity index (χ0n) is 15.9. The van der Waals surface area contributed by atoms with E-state index < -0.39 is 50.2 Å². The van der Waals surface area contributed by atoms with Crippen molar-refractivity contribution in [1.29, 1.82) is 0 Å². The zero-order valence-corrected chi connectivity index (χ0v) is 16.8. The fourth-order valence-electron chi connectivity index (χ4n) is 3.53. The molecule has 0 spiro atoms. The van der Waals surface area contributed by atoms with E-state index >= 15 is 0 Å². The van der Waals surface area contributed by atoms with Gasteiger partial charge in [-0.25, -0.2) is 8.42 Å². The Morgan fingerprint density at radius 1 is 1.10 bits per heavy atom. The SMILES string of the molecule is O=C(CCC1CC(S(=O)(=O)c2cccc(C(F)(F)F)c2)C1)c1ccnn1CC(F)(F)F. The second-order valence-corrected chi connectivity index (χ2v) is 9.71. The first-order chi connectivity index (χ1) is 14.3. The molecule has 1 aromatic heterocycles. The number of sulfone groups is 1. The number of rotatable bonds is 7. The van der Waals surface area contributed by atoms with Crippen LogP contribution in [0.5, 0.6) is 0 Å². The Bertz CT molecular complexity index is 1050. The number of hydrogen-bond donors (Lipinski definition) is 0. The number of aromatic nitrogens is 2. The smallest absolute Gasteiger partial charge is 0.292 e. The van der Waals surface area contributed by atoms with E-state index in [2.05, 4.69) is 5.10 Å². The monoisotopic (exact) mass is 468 g/mol. The van der Waals surface area contributed by atoms with Crippen LogP contribution in [0.2, 0.25) is 0 Å². The lowest BCUT2D eigenvalue weighted by Crippen LogP contribution is -2.36. The van der Waals surface area contributed by atoms with Crippen molar-refractivity contribution in [3.05, 3.63) is 47.8 Å². The number of carbonyl (C=O) groups excluding carboxylic acids is 1. The number of Topliss-reactive ketones (excluding diaryl/α,β-unsaturated/α-hetero) is 1. The van der Waals surface area contributed by atoms with Crippen LogP contribution in [-0.2, 0) is 22.6 Å². The highest BCUT2D eigenvalue weighted by atomic mass is 32.2. The average Bonchev–Trinajstić information content (AvgIpc) is 3.05. The van der Waals surface area contributed by atoms with Gasteiger partial charge in [0.15, 0.2) is 15.6 Å². The molecule has 1 saturated carbocycles. The Morgan fingerprint density at radius 3 is 2.39 bits per heavy atom. The van der Waals surface area contributed by atoms with Crippen LogP contribution >= 0.6 is 0 Å². The quantitative estimate of drug-likeness (QED) is 0.437. The molecular weight excluding hydrogens is 450 g/mol.